The Kier molecular flexibility index (Phi) is 8.35. The molecule has 0 radical (unpaired) electrons. The molecule has 0 aliphatic carbocycles. The van der Waals surface area contributed by atoms with Crippen LogP contribution in [0.2, 0.25) is 0 Å². The highest BCUT2D eigenvalue weighted by molar-refractivity contribution is 6.54. The molecule has 0 N–H and O–H groups in total. The second-order valence-electron chi connectivity index (χ2n) is 1.06. The van der Waals surface area contributed by atoms with Crippen molar-refractivity contribution in [2.75, 3.05) is 14.1 Å². The average Bonchev–Trinajstić information content (AvgIpc) is 1.38. The van der Waals surface area contributed by atoms with Crippen LogP contribution < -0.4 is 0 Å². The summed E-state index contributed by atoms with van der Waals surface area (Å²) in [6.45, 7) is 0. The first-order chi connectivity index (χ1) is 2.27. The lowest BCUT2D eigenvalue weighted by atomic mass is 11.1. The quantitative estimate of drug-likeness (QED) is 0.338. The van der Waals surface area contributed by atoms with Crippen molar-refractivity contribution in [1.29, 1.82) is 0 Å². The van der Waals surface area contributed by atoms with E-state index in [0.717, 1.165) is 0 Å². The molecule has 0 bridgehead atoms. The molecule has 1 nitrogen and oxygen atoms in total. The SMILES string of the molecule is C[N+](C)=CCl.Cl. The molecule has 0 fully saturated rings. The second-order valence-corrected chi connectivity index (χ2v) is 1.26. The van der Waals surface area contributed by atoms with Crippen molar-refractivity contribution in [3.05, 3.63) is 0 Å². The Hall–Kier alpha value is 0.250. The van der Waals surface area contributed by atoms with Crippen molar-refractivity contribution in [1.82, 2.24) is 0 Å². The molecule has 0 aromatic carbocycles. The van der Waals surface area contributed by atoms with Crippen LogP contribution in [0.15, 0.2) is 0 Å². The lowest BCUT2D eigenvalue weighted by molar-refractivity contribution is -0.457. The van der Waals surface area contributed by atoms with Crippen molar-refractivity contribution in [2.24, 2.45) is 0 Å². The van der Waals surface area contributed by atoms with E-state index in [-0.39, 0.29) is 12.4 Å². The third kappa shape index (κ3) is 8.87. The van der Waals surface area contributed by atoms with Crippen LogP contribution in [-0.4, -0.2) is 24.3 Å². The predicted molar refractivity (Wildman–Crippen MR) is 31.3 cm³/mol. The molecule has 0 aliphatic rings. The zero-order valence-electron chi connectivity index (χ0n) is 3.81. The van der Waals surface area contributed by atoms with Crippen molar-refractivity contribution in [3.8, 4) is 0 Å². The van der Waals surface area contributed by atoms with Crippen molar-refractivity contribution in [3.63, 3.8) is 0 Å². The van der Waals surface area contributed by atoms with E-state index >= 15 is 0 Å². The minimum atomic E-state index is 0. The highest BCUT2D eigenvalue weighted by atomic mass is 35.5. The molecule has 0 aromatic rings. The van der Waals surface area contributed by atoms with Crippen LogP contribution in [0.25, 0.3) is 0 Å². The number of halogens is 2. The molecule has 0 saturated heterocycles. The summed E-state index contributed by atoms with van der Waals surface area (Å²) in [6, 6.07) is 0. The molecular formula is C3H8Cl2N+. The molecule has 0 rings (SSSR count). The van der Waals surface area contributed by atoms with Crippen molar-refractivity contribution in [2.45, 2.75) is 0 Å². The normalized spacial score (nSPS) is 5.83. The van der Waals surface area contributed by atoms with E-state index in [4.69, 9.17) is 11.6 Å². The Labute approximate surface area is 49.0 Å². The van der Waals surface area contributed by atoms with Gasteiger partial charge < -0.3 is 0 Å². The molecule has 0 aromatic heterocycles. The first kappa shape index (κ1) is 9.54. The maximum absolute atomic E-state index is 5.14. The predicted octanol–water partition coefficient (Wildman–Crippen LogP) is 0.947. The van der Waals surface area contributed by atoms with Gasteiger partial charge in [0.25, 0.3) is 0 Å². The van der Waals surface area contributed by atoms with E-state index in [2.05, 4.69) is 0 Å². The molecule has 0 spiro atoms. The lowest BCUT2D eigenvalue weighted by Gasteiger charge is -1.70. The van der Waals surface area contributed by atoms with Gasteiger partial charge in [-0.3, -0.25) is 0 Å². The molecule has 0 heterocycles. The Morgan fingerprint density at radius 2 is 1.67 bits per heavy atom. The summed E-state index contributed by atoms with van der Waals surface area (Å²) in [6.07, 6.45) is 0. The van der Waals surface area contributed by atoms with Crippen molar-refractivity contribution < 1.29 is 4.58 Å². The van der Waals surface area contributed by atoms with Gasteiger partial charge >= 0.3 is 0 Å². The Bertz CT molecular complexity index is 46.8. The molecule has 0 saturated carbocycles. The molecule has 3 heteroatoms. The van der Waals surface area contributed by atoms with Gasteiger partial charge in [0, 0.05) is 0 Å². The van der Waals surface area contributed by atoms with Crippen molar-refractivity contribution >= 4 is 29.7 Å². The van der Waals surface area contributed by atoms with E-state index in [1.165, 1.54) is 5.67 Å². The van der Waals surface area contributed by atoms with Crippen LogP contribution in [0.4, 0.5) is 0 Å². The maximum atomic E-state index is 5.14. The fourth-order valence-corrected chi connectivity index (χ4v) is 0. The number of hydrogen-bond acceptors (Lipinski definition) is 0. The molecular weight excluding hydrogens is 121 g/mol. The van der Waals surface area contributed by atoms with E-state index < -0.39 is 0 Å². The molecule has 0 aliphatic heterocycles. The summed E-state index contributed by atoms with van der Waals surface area (Å²) in [4.78, 5) is 0. The minimum Gasteiger partial charge on any atom is -0.231 e. The molecule has 0 unspecified atom stereocenters. The van der Waals surface area contributed by atoms with Gasteiger partial charge in [0.1, 0.15) is 14.1 Å². The van der Waals surface area contributed by atoms with E-state index in [0.29, 0.717) is 0 Å². The monoisotopic (exact) mass is 128 g/mol. The molecule has 38 valence electrons. The standard InChI is InChI=1S/C3H7ClN.ClH/c1-5(2)3-4;/h3H,1-2H3;1H/q+1;. The fourth-order valence-electron chi connectivity index (χ4n) is 0. The first-order valence-electron chi connectivity index (χ1n) is 1.37. The van der Waals surface area contributed by atoms with Crippen LogP contribution in [-0.2, 0) is 0 Å². The van der Waals surface area contributed by atoms with E-state index in [1.807, 2.05) is 14.1 Å². The van der Waals surface area contributed by atoms with Crippen LogP contribution >= 0.6 is 24.0 Å². The summed E-state index contributed by atoms with van der Waals surface area (Å²) in [5, 5.41) is 0. The second kappa shape index (κ2) is 5.25. The first-order valence-corrected chi connectivity index (χ1v) is 1.81. The number of nitrogens with zero attached hydrogens (tertiary/aromatic N) is 1. The van der Waals surface area contributed by atoms with Gasteiger partial charge in [0.05, 0.1) is 0 Å². The lowest BCUT2D eigenvalue weighted by Crippen LogP contribution is -1.91. The van der Waals surface area contributed by atoms with Gasteiger partial charge in [0.15, 0.2) is 0 Å². The molecule has 6 heavy (non-hydrogen) atoms. The summed E-state index contributed by atoms with van der Waals surface area (Å²) in [5.74, 6) is 0. The summed E-state index contributed by atoms with van der Waals surface area (Å²) in [5.41, 5.74) is 1.47. The maximum Gasteiger partial charge on any atom is 0.232 e. The van der Waals surface area contributed by atoms with Gasteiger partial charge in [0.2, 0.25) is 5.67 Å². The fraction of sp³-hybridized carbons (Fsp3) is 0.667. The van der Waals surface area contributed by atoms with Crippen LogP contribution in [0.5, 0.6) is 0 Å². The molecule has 0 atom stereocenters. The van der Waals surface area contributed by atoms with Crippen LogP contribution in [0.1, 0.15) is 0 Å². The van der Waals surface area contributed by atoms with Crippen LogP contribution in [0, 0.1) is 0 Å². The van der Waals surface area contributed by atoms with E-state index in [9.17, 15) is 0 Å². The highest BCUT2D eigenvalue weighted by Crippen LogP contribution is 1.55. The third-order valence-corrected chi connectivity index (χ3v) is 0.586. The van der Waals surface area contributed by atoms with Gasteiger partial charge in [-0.25, -0.2) is 4.58 Å². The topological polar surface area (TPSA) is 3.01 Å². The summed E-state index contributed by atoms with van der Waals surface area (Å²) in [7, 11) is 3.74. The highest BCUT2D eigenvalue weighted by Gasteiger charge is 1.67. The van der Waals surface area contributed by atoms with E-state index in [1.54, 1.807) is 4.58 Å². The number of rotatable bonds is 0. The largest absolute Gasteiger partial charge is 0.232 e. The van der Waals surface area contributed by atoms with Gasteiger partial charge in [-0.15, -0.1) is 12.4 Å². The smallest absolute Gasteiger partial charge is 0.231 e. The summed E-state index contributed by atoms with van der Waals surface area (Å²) < 4.78 is 1.77. The third-order valence-electron chi connectivity index (χ3n) is 0.195. The number of hydrogen-bond donors (Lipinski definition) is 0. The van der Waals surface area contributed by atoms with Gasteiger partial charge in [-0.2, -0.15) is 0 Å². The molecule has 0 amide bonds. The summed E-state index contributed by atoms with van der Waals surface area (Å²) >= 11 is 5.14. The average molecular weight is 129 g/mol. The Morgan fingerprint density at radius 3 is 1.67 bits per heavy atom. The zero-order chi connectivity index (χ0) is 4.28. The minimum absolute atomic E-state index is 0. The van der Waals surface area contributed by atoms with Crippen LogP contribution in [0.3, 0.4) is 0 Å². The Balaban J connectivity index is 0. The van der Waals surface area contributed by atoms with Gasteiger partial charge in [-0.1, -0.05) is 0 Å². The van der Waals surface area contributed by atoms with Gasteiger partial charge in [-0.05, 0) is 11.6 Å². The zero-order valence-corrected chi connectivity index (χ0v) is 5.38. The Morgan fingerprint density at radius 1 is 1.50 bits per heavy atom.